The Morgan fingerprint density at radius 3 is 2.76 bits per heavy atom. The molecule has 2 aromatic heterocycles. The van der Waals surface area contributed by atoms with Crippen LogP contribution in [0.1, 0.15) is 29.8 Å². The first kappa shape index (κ1) is 11.8. The lowest BCUT2D eigenvalue weighted by molar-refractivity contribution is 0.573. The number of aromatic nitrogens is 3. The van der Waals surface area contributed by atoms with Crippen LogP contribution in [-0.2, 0) is 13.6 Å². The minimum Gasteiger partial charge on any atom is -0.306 e. The molecule has 90 valence electrons. The monoisotopic (exact) mass is 230 g/mol. The zero-order valence-electron chi connectivity index (χ0n) is 10.5. The lowest BCUT2D eigenvalue weighted by Crippen LogP contribution is -2.17. The van der Waals surface area contributed by atoms with Crippen molar-refractivity contribution in [1.82, 2.24) is 20.1 Å². The average molecular weight is 230 g/mol. The highest BCUT2D eigenvalue weighted by Gasteiger charge is 2.06. The molecule has 17 heavy (non-hydrogen) atoms. The largest absolute Gasteiger partial charge is 0.306 e. The van der Waals surface area contributed by atoms with Crippen molar-refractivity contribution in [2.45, 2.75) is 26.4 Å². The predicted molar refractivity (Wildman–Crippen MR) is 67.4 cm³/mol. The average Bonchev–Trinajstić information content (AvgIpc) is 2.75. The Bertz CT molecular complexity index is 472. The summed E-state index contributed by atoms with van der Waals surface area (Å²) in [6.45, 7) is 4.96. The van der Waals surface area contributed by atoms with Crippen molar-refractivity contribution in [2.24, 2.45) is 7.05 Å². The van der Waals surface area contributed by atoms with Gasteiger partial charge in [-0.3, -0.25) is 9.67 Å². The van der Waals surface area contributed by atoms with Crippen LogP contribution < -0.4 is 5.32 Å². The van der Waals surface area contributed by atoms with Gasteiger partial charge in [0.2, 0.25) is 0 Å². The zero-order chi connectivity index (χ0) is 12.3. The summed E-state index contributed by atoms with van der Waals surface area (Å²) in [5, 5.41) is 7.62. The van der Waals surface area contributed by atoms with Crippen molar-refractivity contribution in [3.63, 3.8) is 0 Å². The van der Waals surface area contributed by atoms with Crippen molar-refractivity contribution in [3.8, 4) is 0 Å². The van der Waals surface area contributed by atoms with E-state index in [1.807, 2.05) is 43.3 Å². The summed E-state index contributed by atoms with van der Waals surface area (Å²) in [5.41, 5.74) is 3.45. The van der Waals surface area contributed by atoms with E-state index in [1.165, 1.54) is 11.1 Å². The Balaban J connectivity index is 1.92. The summed E-state index contributed by atoms with van der Waals surface area (Å²) in [5.74, 6) is 0. The molecule has 1 unspecified atom stereocenters. The van der Waals surface area contributed by atoms with E-state index in [4.69, 9.17) is 0 Å². The molecule has 1 atom stereocenters. The molecular weight excluding hydrogens is 212 g/mol. The molecule has 0 aromatic carbocycles. The molecule has 0 spiro atoms. The van der Waals surface area contributed by atoms with E-state index < -0.39 is 0 Å². The van der Waals surface area contributed by atoms with Crippen LogP contribution in [0.15, 0.2) is 30.7 Å². The smallest absolute Gasteiger partial charge is 0.0537 e. The van der Waals surface area contributed by atoms with Crippen LogP contribution in [0.2, 0.25) is 0 Å². The number of aryl methyl sites for hydroxylation is 2. The van der Waals surface area contributed by atoms with Gasteiger partial charge in [-0.2, -0.15) is 5.10 Å². The maximum atomic E-state index is 4.28. The first-order valence-electron chi connectivity index (χ1n) is 5.78. The van der Waals surface area contributed by atoms with Gasteiger partial charge in [0.25, 0.3) is 0 Å². The maximum absolute atomic E-state index is 4.28. The van der Waals surface area contributed by atoms with E-state index in [9.17, 15) is 0 Å². The Morgan fingerprint density at radius 2 is 2.18 bits per heavy atom. The van der Waals surface area contributed by atoms with Gasteiger partial charge in [-0.05, 0) is 25.5 Å². The minimum atomic E-state index is 0.296. The van der Waals surface area contributed by atoms with Crippen LogP contribution in [0.4, 0.5) is 0 Å². The van der Waals surface area contributed by atoms with Gasteiger partial charge in [0.05, 0.1) is 6.20 Å². The van der Waals surface area contributed by atoms with E-state index in [-0.39, 0.29) is 0 Å². The number of hydrogen-bond acceptors (Lipinski definition) is 3. The molecule has 0 aliphatic heterocycles. The number of rotatable bonds is 4. The molecule has 0 radical (unpaired) electrons. The second-order valence-corrected chi connectivity index (χ2v) is 4.36. The molecule has 0 aliphatic rings. The molecular formula is C13H18N4. The normalized spacial score (nSPS) is 12.6. The highest BCUT2D eigenvalue weighted by Crippen LogP contribution is 2.11. The van der Waals surface area contributed by atoms with Gasteiger partial charge in [-0.15, -0.1) is 0 Å². The summed E-state index contributed by atoms with van der Waals surface area (Å²) >= 11 is 0. The Hall–Kier alpha value is -1.68. The Kier molecular flexibility index (Phi) is 3.54. The second kappa shape index (κ2) is 5.10. The molecule has 2 heterocycles. The summed E-state index contributed by atoms with van der Waals surface area (Å²) in [6, 6.07) is 4.43. The van der Waals surface area contributed by atoms with Crippen molar-refractivity contribution < 1.29 is 0 Å². The maximum Gasteiger partial charge on any atom is 0.0537 e. The van der Waals surface area contributed by atoms with Crippen LogP contribution in [0, 0.1) is 6.92 Å². The van der Waals surface area contributed by atoms with E-state index in [1.54, 1.807) is 0 Å². The van der Waals surface area contributed by atoms with Crippen LogP contribution in [-0.4, -0.2) is 14.8 Å². The third-order valence-electron chi connectivity index (χ3n) is 2.81. The van der Waals surface area contributed by atoms with E-state index >= 15 is 0 Å². The first-order chi connectivity index (χ1) is 8.15. The van der Waals surface area contributed by atoms with Gasteiger partial charge in [0.1, 0.15) is 0 Å². The van der Waals surface area contributed by atoms with E-state index in [0.29, 0.717) is 6.04 Å². The highest BCUT2D eigenvalue weighted by molar-refractivity contribution is 5.14. The molecule has 2 aromatic rings. The molecule has 0 saturated heterocycles. The molecule has 0 bridgehead atoms. The summed E-state index contributed by atoms with van der Waals surface area (Å²) in [4.78, 5) is 4.28. The van der Waals surface area contributed by atoms with Gasteiger partial charge < -0.3 is 5.32 Å². The lowest BCUT2D eigenvalue weighted by atomic mass is 10.2. The fourth-order valence-electron chi connectivity index (χ4n) is 1.66. The number of hydrogen-bond donors (Lipinski definition) is 1. The summed E-state index contributed by atoms with van der Waals surface area (Å²) < 4.78 is 1.82. The summed E-state index contributed by atoms with van der Waals surface area (Å²) in [7, 11) is 1.93. The number of pyridine rings is 1. The molecule has 2 rings (SSSR count). The van der Waals surface area contributed by atoms with Crippen LogP contribution in [0.5, 0.6) is 0 Å². The quantitative estimate of drug-likeness (QED) is 0.873. The lowest BCUT2D eigenvalue weighted by Gasteiger charge is -2.11. The van der Waals surface area contributed by atoms with Crippen molar-refractivity contribution in [1.29, 1.82) is 0 Å². The van der Waals surface area contributed by atoms with Crippen LogP contribution in [0.3, 0.4) is 0 Å². The van der Waals surface area contributed by atoms with Crippen molar-refractivity contribution in [2.75, 3.05) is 0 Å². The van der Waals surface area contributed by atoms with Gasteiger partial charge in [0, 0.05) is 43.3 Å². The third kappa shape index (κ3) is 3.14. The fourth-order valence-corrected chi connectivity index (χ4v) is 1.66. The SMILES string of the molecule is Cc1ccc(CNC(C)c2cnn(C)c2)cn1. The zero-order valence-corrected chi connectivity index (χ0v) is 10.5. The standard InChI is InChI=1S/C13H18N4/c1-10-4-5-12(6-14-10)7-15-11(2)13-8-16-17(3)9-13/h4-6,8-9,11,15H,7H2,1-3H3. The molecule has 0 fully saturated rings. The molecule has 1 N–H and O–H groups in total. The van der Waals surface area contributed by atoms with Gasteiger partial charge in [-0.1, -0.05) is 6.07 Å². The highest BCUT2D eigenvalue weighted by atomic mass is 15.2. The predicted octanol–water partition coefficient (Wildman–Crippen LogP) is 1.97. The topological polar surface area (TPSA) is 42.7 Å². The van der Waals surface area contributed by atoms with Crippen LogP contribution in [0.25, 0.3) is 0 Å². The third-order valence-corrected chi connectivity index (χ3v) is 2.81. The van der Waals surface area contributed by atoms with Crippen molar-refractivity contribution in [3.05, 3.63) is 47.5 Å². The molecule has 0 aliphatic carbocycles. The number of nitrogens with one attached hydrogen (secondary N) is 1. The minimum absolute atomic E-state index is 0.296. The second-order valence-electron chi connectivity index (χ2n) is 4.36. The molecule has 0 saturated carbocycles. The van der Waals surface area contributed by atoms with Gasteiger partial charge >= 0.3 is 0 Å². The van der Waals surface area contributed by atoms with Gasteiger partial charge in [0.15, 0.2) is 0 Å². The Morgan fingerprint density at radius 1 is 1.35 bits per heavy atom. The molecule has 4 nitrogen and oxygen atoms in total. The molecule has 4 heteroatoms. The van der Waals surface area contributed by atoms with Crippen LogP contribution >= 0.6 is 0 Å². The Labute approximate surface area is 102 Å². The van der Waals surface area contributed by atoms with Gasteiger partial charge in [-0.25, -0.2) is 0 Å². The number of nitrogens with zero attached hydrogens (tertiary/aromatic N) is 3. The summed E-state index contributed by atoms with van der Waals surface area (Å²) in [6.07, 6.45) is 5.84. The van der Waals surface area contributed by atoms with Crippen molar-refractivity contribution >= 4 is 0 Å². The van der Waals surface area contributed by atoms with E-state index in [2.05, 4.69) is 28.4 Å². The fraction of sp³-hybridized carbons (Fsp3) is 0.385. The molecule has 0 amide bonds. The first-order valence-corrected chi connectivity index (χ1v) is 5.78. The van der Waals surface area contributed by atoms with E-state index in [0.717, 1.165) is 12.2 Å².